The van der Waals surface area contributed by atoms with Gasteiger partial charge in [-0.3, -0.25) is 12.2 Å². The van der Waals surface area contributed by atoms with E-state index in [0.717, 1.165) is 12.8 Å². The maximum absolute atomic E-state index is 4.45. The largest absolute Gasteiger partial charge is 2.00 e. The van der Waals surface area contributed by atoms with Crippen LogP contribution in [0.2, 0.25) is 0 Å². The molecule has 0 fully saturated rings. The Labute approximate surface area is 112 Å². The Morgan fingerprint density at radius 2 is 1.31 bits per heavy atom. The van der Waals surface area contributed by atoms with Gasteiger partial charge in [-0.15, -0.1) is 12.8 Å². The van der Waals surface area contributed by atoms with E-state index in [0.29, 0.717) is 0 Å². The Kier molecular flexibility index (Phi) is 18.7. The van der Waals surface area contributed by atoms with Crippen LogP contribution in [0.5, 0.6) is 0 Å². The predicted molar refractivity (Wildman–Crippen MR) is 57.9 cm³/mol. The summed E-state index contributed by atoms with van der Waals surface area (Å²) < 4.78 is 0. The van der Waals surface area contributed by atoms with E-state index >= 15 is 0 Å². The van der Waals surface area contributed by atoms with Crippen LogP contribution < -0.4 is 0 Å². The number of hydrogen-bond donors (Lipinski definition) is 0. The van der Waals surface area contributed by atoms with E-state index in [1.165, 1.54) is 0 Å². The molecular formula is C10H10BrClZr. The molecule has 0 aromatic heterocycles. The summed E-state index contributed by atoms with van der Waals surface area (Å²) in [5.74, 6) is 0. The van der Waals surface area contributed by atoms with Gasteiger partial charge in [-0.2, -0.15) is 12.2 Å². The van der Waals surface area contributed by atoms with Crippen LogP contribution in [0.1, 0.15) is 12.8 Å². The van der Waals surface area contributed by atoms with E-state index in [1.807, 2.05) is 24.3 Å². The molecule has 0 N–H and O–H groups in total. The van der Waals surface area contributed by atoms with Gasteiger partial charge < -0.3 is 0 Å². The number of halogens is 2. The van der Waals surface area contributed by atoms with Gasteiger partial charge in [-0.1, -0.05) is 0 Å². The van der Waals surface area contributed by atoms with Crippen LogP contribution in [0.15, 0.2) is 36.5 Å². The van der Waals surface area contributed by atoms with Gasteiger partial charge in [0, 0.05) is 15.0 Å². The molecule has 2 rings (SSSR count). The normalized spacial score (nSPS) is 14.0. The Morgan fingerprint density at radius 1 is 0.923 bits per heavy atom. The first-order chi connectivity index (χ1) is 6.00. The molecule has 0 aromatic rings. The Bertz CT molecular complexity index is 153. The van der Waals surface area contributed by atoms with Gasteiger partial charge in [0.2, 0.25) is 0 Å². The molecule has 0 bridgehead atoms. The van der Waals surface area contributed by atoms with Crippen LogP contribution in [0, 0.1) is 12.2 Å². The van der Waals surface area contributed by atoms with Crippen molar-refractivity contribution in [1.82, 2.24) is 0 Å². The van der Waals surface area contributed by atoms with Crippen LogP contribution in [0.3, 0.4) is 0 Å². The summed E-state index contributed by atoms with van der Waals surface area (Å²) in [6.07, 6.45) is 20.0. The second-order valence-electron chi connectivity index (χ2n) is 2.01. The molecule has 2 aliphatic carbocycles. The topological polar surface area (TPSA) is 0 Å². The third kappa shape index (κ3) is 12.6. The smallest absolute Gasteiger partial charge is 0.273 e. The van der Waals surface area contributed by atoms with Gasteiger partial charge in [0.25, 0.3) is 0 Å². The Balaban J connectivity index is 0. The van der Waals surface area contributed by atoms with Crippen molar-refractivity contribution in [2.75, 3.05) is 0 Å². The van der Waals surface area contributed by atoms with E-state index < -0.39 is 0 Å². The van der Waals surface area contributed by atoms with Crippen molar-refractivity contribution in [2.45, 2.75) is 12.8 Å². The summed E-state index contributed by atoms with van der Waals surface area (Å²) in [7, 11) is 4.45. The third-order valence-electron chi connectivity index (χ3n) is 1.17. The summed E-state index contributed by atoms with van der Waals surface area (Å²) in [4.78, 5) is 0. The fourth-order valence-corrected chi connectivity index (χ4v) is 0.680. The zero-order valence-electron chi connectivity index (χ0n) is 7.13. The van der Waals surface area contributed by atoms with Gasteiger partial charge >= 0.3 is 26.2 Å². The first kappa shape index (κ1) is 16.1. The Hall–Kier alpha value is 0.613. The van der Waals surface area contributed by atoms with Crippen molar-refractivity contribution >= 4 is 25.1 Å². The molecule has 0 amide bonds. The van der Waals surface area contributed by atoms with E-state index in [2.05, 4.69) is 49.4 Å². The molecule has 0 saturated carbocycles. The zero-order chi connectivity index (χ0) is 9.07. The van der Waals surface area contributed by atoms with Gasteiger partial charge in [0.15, 0.2) is 0 Å². The zero-order valence-corrected chi connectivity index (χ0v) is 11.9. The molecule has 2 aliphatic rings. The molecule has 0 aromatic carbocycles. The average Bonchev–Trinajstić information content (AvgIpc) is 2.87. The number of rotatable bonds is 0. The minimum absolute atomic E-state index is 0. The summed E-state index contributed by atoms with van der Waals surface area (Å²) in [5, 5.41) is 0. The predicted octanol–water partition coefficient (Wildman–Crippen LogP) is 4.14. The first-order valence-corrected chi connectivity index (χ1v) is 5.66. The monoisotopic (exact) mass is 334 g/mol. The average molecular weight is 337 g/mol. The first-order valence-electron chi connectivity index (χ1n) is 3.58. The molecule has 3 heteroatoms. The number of hydrogen-bond acceptors (Lipinski definition) is 0. The molecule has 0 unspecified atom stereocenters. The molecule has 0 heterocycles. The third-order valence-corrected chi connectivity index (χ3v) is 1.17. The molecule has 0 atom stereocenters. The molecule has 0 aliphatic heterocycles. The minimum Gasteiger partial charge on any atom is -0.273 e. The summed E-state index contributed by atoms with van der Waals surface area (Å²) in [6, 6.07) is 0. The van der Waals surface area contributed by atoms with Crippen molar-refractivity contribution in [1.29, 1.82) is 0 Å². The number of allylic oxidation sites excluding steroid dienone is 8. The Morgan fingerprint density at radius 3 is 1.38 bits per heavy atom. The quantitative estimate of drug-likeness (QED) is 0.583. The fourth-order valence-electron chi connectivity index (χ4n) is 0.680. The van der Waals surface area contributed by atoms with E-state index in [9.17, 15) is 0 Å². The standard InChI is InChI=1S/2C5H5.BrCl.Zr/c2*1-2-4-5-3-1;1-2;/h2*1-3H,4H2;;/q2*-1;;+2. The molecular weight excluding hydrogens is 327 g/mol. The van der Waals surface area contributed by atoms with Crippen molar-refractivity contribution in [3.05, 3.63) is 48.6 Å². The van der Waals surface area contributed by atoms with Gasteiger partial charge in [-0.05, 0) is 10.1 Å². The SMILES string of the molecule is ClBr.[C-]1=CC=CC1.[C-]1=CC=CC1.[Zr+2]. The summed E-state index contributed by atoms with van der Waals surface area (Å²) >= 11 is 2.41. The van der Waals surface area contributed by atoms with Crippen LogP contribution in [0.4, 0.5) is 0 Å². The van der Waals surface area contributed by atoms with Crippen LogP contribution in [-0.4, -0.2) is 0 Å². The fraction of sp³-hybridized carbons (Fsp3) is 0.200. The van der Waals surface area contributed by atoms with Crippen molar-refractivity contribution in [3.8, 4) is 0 Å². The molecule has 13 heavy (non-hydrogen) atoms. The minimum atomic E-state index is 0. The van der Waals surface area contributed by atoms with Crippen LogP contribution in [-0.2, 0) is 26.2 Å². The molecule has 0 radical (unpaired) electrons. The van der Waals surface area contributed by atoms with Crippen molar-refractivity contribution in [2.24, 2.45) is 0 Å². The van der Waals surface area contributed by atoms with E-state index in [4.69, 9.17) is 0 Å². The van der Waals surface area contributed by atoms with Crippen LogP contribution in [0.25, 0.3) is 0 Å². The molecule has 68 valence electrons. The molecule has 0 nitrogen and oxygen atoms in total. The maximum Gasteiger partial charge on any atom is 2.00 e. The maximum atomic E-state index is 4.45. The van der Waals surface area contributed by atoms with Gasteiger partial charge in [0.05, 0.1) is 0 Å². The second kappa shape index (κ2) is 15.1. The second-order valence-corrected chi connectivity index (χ2v) is 2.01. The van der Waals surface area contributed by atoms with Crippen LogP contribution >= 0.6 is 25.1 Å². The summed E-state index contributed by atoms with van der Waals surface area (Å²) in [6.45, 7) is 0. The van der Waals surface area contributed by atoms with Crippen molar-refractivity contribution in [3.63, 3.8) is 0 Å². The van der Waals surface area contributed by atoms with Gasteiger partial charge in [-0.25, -0.2) is 24.3 Å². The van der Waals surface area contributed by atoms with Crippen molar-refractivity contribution < 1.29 is 26.2 Å². The molecule has 0 saturated heterocycles. The molecule has 0 spiro atoms. The van der Waals surface area contributed by atoms with E-state index in [-0.39, 0.29) is 26.2 Å². The van der Waals surface area contributed by atoms with Gasteiger partial charge in [0.1, 0.15) is 0 Å². The summed E-state index contributed by atoms with van der Waals surface area (Å²) in [5.41, 5.74) is 0. The van der Waals surface area contributed by atoms with E-state index in [1.54, 1.807) is 0 Å².